The summed E-state index contributed by atoms with van der Waals surface area (Å²) >= 11 is 0. The van der Waals surface area contributed by atoms with Crippen molar-refractivity contribution in [2.75, 3.05) is 0 Å². The number of nitriles is 2. The van der Waals surface area contributed by atoms with Gasteiger partial charge in [-0.25, -0.2) is 14.4 Å². The van der Waals surface area contributed by atoms with Gasteiger partial charge in [0.2, 0.25) is 0 Å². The van der Waals surface area contributed by atoms with Gasteiger partial charge in [-0.05, 0) is 62.1 Å². The third-order valence-corrected chi connectivity index (χ3v) is 4.12. The van der Waals surface area contributed by atoms with Crippen molar-refractivity contribution in [3.8, 4) is 12.1 Å². The van der Waals surface area contributed by atoms with Gasteiger partial charge in [-0.3, -0.25) is 0 Å². The van der Waals surface area contributed by atoms with Crippen molar-refractivity contribution in [2.24, 2.45) is 0 Å². The molecule has 0 radical (unpaired) electrons. The van der Waals surface area contributed by atoms with Gasteiger partial charge in [-0.1, -0.05) is 0 Å². The summed E-state index contributed by atoms with van der Waals surface area (Å²) in [4.78, 5) is 8.01. The molecular weight excluding hydrogens is 303 g/mol. The molecule has 4 nitrogen and oxygen atoms in total. The summed E-state index contributed by atoms with van der Waals surface area (Å²) in [6.45, 7) is 6.98. The second-order valence-electron chi connectivity index (χ2n) is 6.88. The normalized spacial score (nSPS) is 11.6. The van der Waals surface area contributed by atoms with Crippen LogP contribution in [0, 0.1) is 28.5 Å². The van der Waals surface area contributed by atoms with Crippen LogP contribution in [0.15, 0.2) is 30.9 Å². The SMILES string of the molecule is CC(C)(C#N)c1cc(F)cc(C(C)(C)C#N)c1Cc1cncnc1. The van der Waals surface area contributed by atoms with Crippen LogP contribution in [0.5, 0.6) is 0 Å². The van der Waals surface area contributed by atoms with Gasteiger partial charge in [0.05, 0.1) is 23.0 Å². The summed E-state index contributed by atoms with van der Waals surface area (Å²) in [5.74, 6) is -0.445. The predicted octanol–water partition coefficient (Wildman–Crippen LogP) is 3.81. The van der Waals surface area contributed by atoms with Crippen LogP contribution in [0.1, 0.15) is 49.9 Å². The van der Waals surface area contributed by atoms with E-state index in [4.69, 9.17) is 0 Å². The third-order valence-electron chi connectivity index (χ3n) is 4.12. The van der Waals surface area contributed by atoms with Gasteiger partial charge in [-0.2, -0.15) is 10.5 Å². The van der Waals surface area contributed by atoms with E-state index in [9.17, 15) is 14.9 Å². The van der Waals surface area contributed by atoms with Crippen molar-refractivity contribution in [1.82, 2.24) is 9.97 Å². The Balaban J connectivity index is 2.77. The molecule has 0 saturated carbocycles. The molecule has 0 aliphatic heterocycles. The first-order valence-electron chi connectivity index (χ1n) is 7.61. The van der Waals surface area contributed by atoms with Gasteiger partial charge in [0.1, 0.15) is 12.1 Å². The topological polar surface area (TPSA) is 73.4 Å². The highest BCUT2D eigenvalue weighted by molar-refractivity contribution is 5.49. The van der Waals surface area contributed by atoms with Crippen LogP contribution in [0.3, 0.4) is 0 Å². The van der Waals surface area contributed by atoms with Crippen LogP contribution in [-0.4, -0.2) is 9.97 Å². The van der Waals surface area contributed by atoms with Crippen molar-refractivity contribution in [1.29, 1.82) is 10.5 Å². The molecule has 0 aliphatic rings. The van der Waals surface area contributed by atoms with E-state index in [1.165, 1.54) is 18.5 Å². The summed E-state index contributed by atoms with van der Waals surface area (Å²) in [6.07, 6.45) is 5.24. The van der Waals surface area contributed by atoms with E-state index in [0.717, 1.165) is 11.1 Å². The maximum atomic E-state index is 14.2. The van der Waals surface area contributed by atoms with Crippen molar-refractivity contribution in [3.63, 3.8) is 0 Å². The first-order valence-corrected chi connectivity index (χ1v) is 7.61. The predicted molar refractivity (Wildman–Crippen MR) is 88.5 cm³/mol. The fourth-order valence-corrected chi connectivity index (χ4v) is 2.69. The third kappa shape index (κ3) is 3.41. The van der Waals surface area contributed by atoms with Gasteiger partial charge >= 0.3 is 0 Å². The fraction of sp³-hybridized carbons (Fsp3) is 0.368. The van der Waals surface area contributed by atoms with Crippen molar-refractivity contribution < 1.29 is 4.39 Å². The van der Waals surface area contributed by atoms with Crippen LogP contribution in [0.2, 0.25) is 0 Å². The largest absolute Gasteiger partial charge is 0.245 e. The van der Waals surface area contributed by atoms with E-state index >= 15 is 0 Å². The molecule has 1 heterocycles. The minimum Gasteiger partial charge on any atom is -0.245 e. The van der Waals surface area contributed by atoms with Crippen molar-refractivity contribution in [2.45, 2.75) is 44.9 Å². The van der Waals surface area contributed by atoms with E-state index in [2.05, 4.69) is 22.1 Å². The quantitative estimate of drug-likeness (QED) is 0.858. The maximum Gasteiger partial charge on any atom is 0.123 e. The lowest BCUT2D eigenvalue weighted by molar-refractivity contribution is 0.589. The monoisotopic (exact) mass is 322 g/mol. The summed E-state index contributed by atoms with van der Waals surface area (Å²) in [7, 11) is 0. The zero-order valence-corrected chi connectivity index (χ0v) is 14.3. The fourth-order valence-electron chi connectivity index (χ4n) is 2.69. The minimum absolute atomic E-state index is 0.433. The van der Waals surface area contributed by atoms with E-state index < -0.39 is 16.6 Å². The molecule has 0 spiro atoms. The molecule has 0 bridgehead atoms. The second-order valence-corrected chi connectivity index (χ2v) is 6.88. The molecule has 0 fully saturated rings. The molecule has 2 aromatic rings. The summed E-state index contributed by atoms with van der Waals surface area (Å²) in [5, 5.41) is 19.0. The van der Waals surface area contributed by atoms with E-state index in [0.29, 0.717) is 17.5 Å². The van der Waals surface area contributed by atoms with Crippen LogP contribution in [0.25, 0.3) is 0 Å². The molecule has 0 amide bonds. The molecule has 1 aromatic carbocycles. The highest BCUT2D eigenvalue weighted by Crippen LogP contribution is 2.36. The number of rotatable bonds is 4. The van der Waals surface area contributed by atoms with E-state index in [-0.39, 0.29) is 0 Å². The Morgan fingerprint density at radius 3 is 1.83 bits per heavy atom. The molecule has 0 N–H and O–H groups in total. The second kappa shape index (κ2) is 6.37. The van der Waals surface area contributed by atoms with E-state index in [1.54, 1.807) is 40.1 Å². The Bertz CT molecular complexity index is 780. The molecule has 0 aliphatic carbocycles. The first kappa shape index (κ1) is 17.6. The Morgan fingerprint density at radius 2 is 1.42 bits per heavy atom. The Labute approximate surface area is 141 Å². The first-order chi connectivity index (χ1) is 11.2. The average Bonchev–Trinajstić information content (AvgIpc) is 2.56. The van der Waals surface area contributed by atoms with Crippen LogP contribution >= 0.6 is 0 Å². The van der Waals surface area contributed by atoms with Gasteiger partial charge in [0.15, 0.2) is 0 Å². The highest BCUT2D eigenvalue weighted by Gasteiger charge is 2.31. The summed E-state index contributed by atoms with van der Waals surface area (Å²) in [6, 6.07) is 7.23. The molecular formula is C19H19FN4. The standard InChI is InChI=1S/C19H19FN4/c1-18(2,10-21)16-6-14(20)7-17(19(3,4)11-22)15(16)5-13-8-23-12-24-9-13/h6-9,12H,5H2,1-4H3. The summed E-state index contributed by atoms with van der Waals surface area (Å²) in [5.41, 5.74) is 1.04. The lowest BCUT2D eigenvalue weighted by Gasteiger charge is -2.27. The van der Waals surface area contributed by atoms with Crippen molar-refractivity contribution in [3.05, 3.63) is 58.9 Å². The number of hydrogen-bond acceptors (Lipinski definition) is 4. The molecule has 0 unspecified atom stereocenters. The number of nitrogens with zero attached hydrogens (tertiary/aromatic N) is 4. The average molecular weight is 322 g/mol. The maximum absolute atomic E-state index is 14.2. The van der Waals surface area contributed by atoms with Gasteiger partial charge in [0.25, 0.3) is 0 Å². The molecule has 0 saturated heterocycles. The highest BCUT2D eigenvalue weighted by atomic mass is 19.1. The molecule has 24 heavy (non-hydrogen) atoms. The smallest absolute Gasteiger partial charge is 0.123 e. The Kier molecular flexibility index (Phi) is 4.66. The molecule has 1 aromatic heterocycles. The van der Waals surface area contributed by atoms with Crippen LogP contribution in [0.4, 0.5) is 4.39 Å². The van der Waals surface area contributed by atoms with Gasteiger partial charge in [-0.15, -0.1) is 0 Å². The molecule has 2 rings (SSSR count). The lowest BCUT2D eigenvalue weighted by atomic mass is 9.74. The number of benzene rings is 1. The number of hydrogen-bond donors (Lipinski definition) is 0. The molecule has 5 heteroatoms. The molecule has 122 valence electrons. The minimum atomic E-state index is -0.882. The summed E-state index contributed by atoms with van der Waals surface area (Å²) < 4.78 is 14.2. The number of halogens is 1. The molecule has 0 atom stereocenters. The zero-order chi connectivity index (χ0) is 18.0. The van der Waals surface area contributed by atoms with Gasteiger partial charge in [0, 0.05) is 18.8 Å². The number of aromatic nitrogens is 2. The van der Waals surface area contributed by atoms with Gasteiger partial charge < -0.3 is 0 Å². The lowest BCUT2D eigenvalue weighted by Crippen LogP contribution is -2.24. The van der Waals surface area contributed by atoms with Crippen molar-refractivity contribution >= 4 is 0 Å². The van der Waals surface area contributed by atoms with Crippen LogP contribution in [-0.2, 0) is 17.3 Å². The Morgan fingerprint density at radius 1 is 0.958 bits per heavy atom. The van der Waals surface area contributed by atoms with Crippen LogP contribution < -0.4 is 0 Å². The Hall–Kier alpha value is -2.79. The zero-order valence-electron chi connectivity index (χ0n) is 14.3. The van der Waals surface area contributed by atoms with E-state index in [1.807, 2.05) is 0 Å².